The number of aromatic amines is 1. The first-order chi connectivity index (χ1) is 8.97. The predicted molar refractivity (Wildman–Crippen MR) is 66.8 cm³/mol. The quantitative estimate of drug-likeness (QED) is 0.895. The molecule has 0 aliphatic carbocycles. The first kappa shape index (κ1) is 13.2. The Balaban J connectivity index is 2.07. The molecule has 1 amide bonds. The van der Waals surface area contributed by atoms with Crippen molar-refractivity contribution in [2.24, 2.45) is 0 Å². The van der Waals surface area contributed by atoms with E-state index in [-0.39, 0.29) is 12.3 Å². The average Bonchev–Trinajstić information content (AvgIpc) is 2.66. The SMILES string of the molecule is Cc1n[nH]c(C)c1NC(=O)Cc1ccc(F)c(F)c1. The van der Waals surface area contributed by atoms with Crippen LogP contribution < -0.4 is 5.32 Å². The van der Waals surface area contributed by atoms with Gasteiger partial charge in [0.2, 0.25) is 5.91 Å². The third-order valence-corrected chi connectivity index (χ3v) is 2.74. The van der Waals surface area contributed by atoms with Gasteiger partial charge >= 0.3 is 0 Å². The summed E-state index contributed by atoms with van der Waals surface area (Å²) in [6.45, 7) is 3.55. The second-order valence-corrected chi connectivity index (χ2v) is 4.28. The Kier molecular flexibility index (Phi) is 3.59. The number of nitrogens with one attached hydrogen (secondary N) is 2. The monoisotopic (exact) mass is 265 g/mol. The number of hydrogen-bond donors (Lipinski definition) is 2. The van der Waals surface area contributed by atoms with E-state index >= 15 is 0 Å². The van der Waals surface area contributed by atoms with Gasteiger partial charge in [0.05, 0.1) is 23.5 Å². The van der Waals surface area contributed by atoms with Gasteiger partial charge in [0.1, 0.15) is 0 Å². The van der Waals surface area contributed by atoms with Gasteiger partial charge in [0.15, 0.2) is 11.6 Å². The van der Waals surface area contributed by atoms with E-state index in [9.17, 15) is 13.6 Å². The van der Waals surface area contributed by atoms with Gasteiger partial charge in [-0.2, -0.15) is 5.10 Å². The molecule has 0 aliphatic rings. The van der Waals surface area contributed by atoms with Gasteiger partial charge in [-0.1, -0.05) is 6.07 Å². The van der Waals surface area contributed by atoms with Crippen LogP contribution in [0, 0.1) is 25.5 Å². The predicted octanol–water partition coefficient (Wildman–Crippen LogP) is 2.49. The van der Waals surface area contributed by atoms with E-state index in [2.05, 4.69) is 15.5 Å². The zero-order valence-electron chi connectivity index (χ0n) is 10.6. The summed E-state index contributed by atoms with van der Waals surface area (Å²) in [6, 6.07) is 3.41. The highest BCUT2D eigenvalue weighted by atomic mass is 19.2. The molecule has 0 atom stereocenters. The maximum absolute atomic E-state index is 13.0. The lowest BCUT2D eigenvalue weighted by Gasteiger charge is -2.05. The van der Waals surface area contributed by atoms with E-state index in [0.717, 1.165) is 17.8 Å². The van der Waals surface area contributed by atoms with Crippen molar-refractivity contribution in [2.45, 2.75) is 20.3 Å². The van der Waals surface area contributed by atoms with Crippen molar-refractivity contribution in [1.29, 1.82) is 0 Å². The minimum atomic E-state index is -0.957. The fourth-order valence-electron chi connectivity index (χ4n) is 1.75. The van der Waals surface area contributed by atoms with E-state index in [1.807, 2.05) is 0 Å². The molecular formula is C13H13F2N3O. The molecule has 0 spiro atoms. The number of carbonyl (C=O) groups excluding carboxylic acids is 1. The molecule has 0 bridgehead atoms. The molecule has 0 saturated carbocycles. The van der Waals surface area contributed by atoms with Crippen molar-refractivity contribution in [1.82, 2.24) is 10.2 Å². The van der Waals surface area contributed by atoms with Crippen LogP contribution in [0.2, 0.25) is 0 Å². The molecule has 2 aromatic rings. The number of aromatic nitrogens is 2. The molecule has 0 radical (unpaired) electrons. The molecule has 1 aromatic heterocycles. The highest BCUT2D eigenvalue weighted by Gasteiger charge is 2.11. The molecule has 0 fully saturated rings. The topological polar surface area (TPSA) is 57.8 Å². The number of benzene rings is 1. The molecule has 100 valence electrons. The van der Waals surface area contributed by atoms with Crippen molar-refractivity contribution >= 4 is 11.6 Å². The van der Waals surface area contributed by atoms with Gasteiger partial charge in [-0.15, -0.1) is 0 Å². The van der Waals surface area contributed by atoms with Crippen LogP contribution in [-0.2, 0) is 11.2 Å². The number of carbonyl (C=O) groups is 1. The van der Waals surface area contributed by atoms with Crippen LogP contribution in [0.3, 0.4) is 0 Å². The van der Waals surface area contributed by atoms with Crippen molar-refractivity contribution in [2.75, 3.05) is 5.32 Å². The van der Waals surface area contributed by atoms with E-state index in [0.29, 0.717) is 16.9 Å². The molecule has 19 heavy (non-hydrogen) atoms. The standard InChI is InChI=1S/C13H13F2N3O/c1-7-13(8(2)18-17-7)16-12(19)6-9-3-4-10(14)11(15)5-9/h3-5H,6H2,1-2H3,(H,16,19)(H,17,18). The average molecular weight is 265 g/mol. The summed E-state index contributed by atoms with van der Waals surface area (Å²) in [5.41, 5.74) is 2.45. The van der Waals surface area contributed by atoms with Crippen LogP contribution >= 0.6 is 0 Å². The van der Waals surface area contributed by atoms with E-state index in [1.165, 1.54) is 6.07 Å². The largest absolute Gasteiger partial charge is 0.323 e. The zero-order chi connectivity index (χ0) is 14.0. The molecule has 0 aliphatic heterocycles. The summed E-state index contributed by atoms with van der Waals surface area (Å²) in [6.07, 6.45) is -0.0265. The van der Waals surface area contributed by atoms with Crippen LogP contribution in [0.1, 0.15) is 17.0 Å². The molecule has 2 rings (SSSR count). The van der Waals surface area contributed by atoms with Gasteiger partial charge in [-0.05, 0) is 31.5 Å². The summed E-state index contributed by atoms with van der Waals surface area (Å²) in [5.74, 6) is -2.19. The second kappa shape index (κ2) is 5.17. The molecule has 4 nitrogen and oxygen atoms in total. The van der Waals surface area contributed by atoms with Crippen LogP contribution in [0.25, 0.3) is 0 Å². The maximum atomic E-state index is 13.0. The number of halogens is 2. The number of hydrogen-bond acceptors (Lipinski definition) is 2. The zero-order valence-corrected chi connectivity index (χ0v) is 10.6. The normalized spacial score (nSPS) is 10.5. The number of amides is 1. The number of rotatable bonds is 3. The first-order valence-electron chi connectivity index (χ1n) is 5.72. The third kappa shape index (κ3) is 2.96. The molecule has 6 heteroatoms. The fraction of sp³-hybridized carbons (Fsp3) is 0.231. The second-order valence-electron chi connectivity index (χ2n) is 4.28. The Bertz CT molecular complexity index is 603. The molecule has 1 heterocycles. The summed E-state index contributed by atoms with van der Waals surface area (Å²) in [4.78, 5) is 11.8. The minimum absolute atomic E-state index is 0.0265. The van der Waals surface area contributed by atoms with Crippen LogP contribution in [0.5, 0.6) is 0 Å². The fourth-order valence-corrected chi connectivity index (χ4v) is 1.75. The van der Waals surface area contributed by atoms with Gasteiger partial charge < -0.3 is 5.32 Å². The number of nitrogens with zero attached hydrogens (tertiary/aromatic N) is 1. The number of aryl methyl sites for hydroxylation is 2. The number of anilines is 1. The lowest BCUT2D eigenvalue weighted by atomic mass is 10.1. The lowest BCUT2D eigenvalue weighted by Crippen LogP contribution is -2.15. The van der Waals surface area contributed by atoms with Gasteiger partial charge in [0.25, 0.3) is 0 Å². The van der Waals surface area contributed by atoms with Crippen LogP contribution in [0.4, 0.5) is 14.5 Å². The first-order valence-corrected chi connectivity index (χ1v) is 5.72. The molecule has 0 unspecified atom stereocenters. The number of H-pyrrole nitrogens is 1. The Morgan fingerprint density at radius 2 is 2.05 bits per heavy atom. The highest BCUT2D eigenvalue weighted by Crippen LogP contribution is 2.16. The third-order valence-electron chi connectivity index (χ3n) is 2.74. The maximum Gasteiger partial charge on any atom is 0.228 e. The van der Waals surface area contributed by atoms with Gasteiger partial charge in [-0.25, -0.2) is 8.78 Å². The van der Waals surface area contributed by atoms with E-state index in [4.69, 9.17) is 0 Å². The van der Waals surface area contributed by atoms with Crippen molar-refractivity contribution in [3.8, 4) is 0 Å². The molecule has 1 aromatic carbocycles. The Morgan fingerprint density at radius 1 is 1.32 bits per heavy atom. The Morgan fingerprint density at radius 3 is 2.63 bits per heavy atom. The molecule has 2 N–H and O–H groups in total. The van der Waals surface area contributed by atoms with Crippen molar-refractivity contribution in [3.05, 3.63) is 46.8 Å². The van der Waals surface area contributed by atoms with Gasteiger partial charge in [0, 0.05) is 0 Å². The highest BCUT2D eigenvalue weighted by molar-refractivity contribution is 5.93. The smallest absolute Gasteiger partial charge is 0.228 e. The summed E-state index contributed by atoms with van der Waals surface area (Å²) >= 11 is 0. The van der Waals surface area contributed by atoms with Crippen molar-refractivity contribution in [3.63, 3.8) is 0 Å². The van der Waals surface area contributed by atoms with Crippen LogP contribution in [0.15, 0.2) is 18.2 Å². The molecule has 0 saturated heterocycles. The summed E-state index contributed by atoms with van der Waals surface area (Å²) in [5, 5.41) is 9.39. The van der Waals surface area contributed by atoms with E-state index in [1.54, 1.807) is 13.8 Å². The Hall–Kier alpha value is -2.24. The van der Waals surface area contributed by atoms with Crippen molar-refractivity contribution < 1.29 is 13.6 Å². The van der Waals surface area contributed by atoms with Gasteiger partial charge in [-0.3, -0.25) is 9.89 Å². The summed E-state index contributed by atoms with van der Waals surface area (Å²) in [7, 11) is 0. The van der Waals surface area contributed by atoms with E-state index < -0.39 is 11.6 Å². The Labute approximate surface area is 108 Å². The molecular weight excluding hydrogens is 252 g/mol. The lowest BCUT2D eigenvalue weighted by molar-refractivity contribution is -0.115. The minimum Gasteiger partial charge on any atom is -0.323 e. The summed E-state index contributed by atoms with van der Waals surface area (Å²) < 4.78 is 25.8. The van der Waals surface area contributed by atoms with Crippen LogP contribution in [-0.4, -0.2) is 16.1 Å².